The predicted molar refractivity (Wildman–Crippen MR) is 96.0 cm³/mol. The molecule has 0 saturated carbocycles. The molecule has 1 unspecified atom stereocenters. The van der Waals surface area contributed by atoms with E-state index in [1.807, 2.05) is 25.2 Å². The molecule has 0 radical (unpaired) electrons. The first-order chi connectivity index (χ1) is 10.2. The van der Waals surface area contributed by atoms with Crippen molar-refractivity contribution in [3.63, 3.8) is 0 Å². The topological polar surface area (TPSA) is 37.8 Å². The molecule has 3 aromatic rings. The predicted octanol–water partition coefficient (Wildman–Crippen LogP) is 5.10. The zero-order valence-electron chi connectivity index (χ0n) is 11.0. The molecule has 1 N–H and O–H groups in total. The second-order valence-electron chi connectivity index (χ2n) is 4.31. The van der Waals surface area contributed by atoms with Crippen molar-refractivity contribution in [2.45, 2.75) is 6.04 Å². The number of halogens is 2. The summed E-state index contributed by atoms with van der Waals surface area (Å²) in [5, 5.41) is 13.9. The van der Waals surface area contributed by atoms with Gasteiger partial charge in [0.15, 0.2) is 5.01 Å². The summed E-state index contributed by atoms with van der Waals surface area (Å²) in [6.45, 7) is 0. The maximum Gasteiger partial charge on any atom is 0.157 e. The molecule has 3 nitrogen and oxygen atoms in total. The third kappa shape index (κ3) is 3.27. The highest BCUT2D eigenvalue weighted by atomic mass is 79.9. The van der Waals surface area contributed by atoms with Crippen LogP contribution in [0.4, 0.5) is 0 Å². The Labute approximate surface area is 147 Å². The van der Waals surface area contributed by atoms with E-state index < -0.39 is 0 Å². The van der Waals surface area contributed by atoms with Gasteiger partial charge in [-0.3, -0.25) is 0 Å². The average molecular weight is 445 g/mol. The van der Waals surface area contributed by atoms with Crippen molar-refractivity contribution in [1.82, 2.24) is 15.5 Å². The van der Waals surface area contributed by atoms with E-state index >= 15 is 0 Å². The minimum atomic E-state index is 0.0734. The summed E-state index contributed by atoms with van der Waals surface area (Å²) in [6.07, 6.45) is 0. The van der Waals surface area contributed by atoms with E-state index in [4.69, 9.17) is 0 Å². The molecule has 0 aliphatic heterocycles. The number of nitrogens with zero attached hydrogens (tertiary/aromatic N) is 2. The Bertz CT molecular complexity index is 720. The molecule has 108 valence electrons. The second kappa shape index (κ2) is 6.66. The first-order valence-corrected chi connectivity index (χ1v) is 9.41. The molecule has 0 amide bonds. The summed E-state index contributed by atoms with van der Waals surface area (Å²) in [6, 6.07) is 12.4. The van der Waals surface area contributed by atoms with Gasteiger partial charge in [-0.25, -0.2) is 0 Å². The normalized spacial score (nSPS) is 12.5. The Morgan fingerprint density at radius 1 is 1.10 bits per heavy atom. The molecule has 0 bridgehead atoms. The number of benzene rings is 1. The fraction of sp³-hybridized carbons (Fsp3) is 0.143. The van der Waals surface area contributed by atoms with Crippen LogP contribution in [0.1, 0.15) is 16.6 Å². The highest BCUT2D eigenvalue weighted by molar-refractivity contribution is 9.13. The van der Waals surface area contributed by atoms with Crippen LogP contribution in [-0.2, 0) is 0 Å². The van der Waals surface area contributed by atoms with Crippen LogP contribution in [0.3, 0.4) is 0 Å². The average Bonchev–Trinajstić information content (AvgIpc) is 3.09. The van der Waals surface area contributed by atoms with E-state index in [0.29, 0.717) is 0 Å². The quantitative estimate of drug-likeness (QED) is 0.608. The SMILES string of the molecule is CNC(c1ccccc1)c1nnc(-c2cc(Br)c(Br)s2)s1. The zero-order valence-corrected chi connectivity index (χ0v) is 15.8. The summed E-state index contributed by atoms with van der Waals surface area (Å²) < 4.78 is 2.12. The van der Waals surface area contributed by atoms with Crippen molar-refractivity contribution in [2.75, 3.05) is 7.05 Å². The van der Waals surface area contributed by atoms with Crippen LogP contribution in [0.25, 0.3) is 9.88 Å². The van der Waals surface area contributed by atoms with Crippen LogP contribution in [-0.4, -0.2) is 17.2 Å². The van der Waals surface area contributed by atoms with Gasteiger partial charge in [-0.15, -0.1) is 21.5 Å². The molecule has 1 aromatic carbocycles. The van der Waals surface area contributed by atoms with Crippen LogP contribution < -0.4 is 5.32 Å². The third-order valence-corrected chi connectivity index (χ3v) is 7.38. The minimum Gasteiger partial charge on any atom is -0.307 e. The molecule has 21 heavy (non-hydrogen) atoms. The van der Waals surface area contributed by atoms with Gasteiger partial charge in [-0.1, -0.05) is 41.7 Å². The highest BCUT2D eigenvalue weighted by Gasteiger charge is 2.18. The van der Waals surface area contributed by atoms with Gasteiger partial charge in [0.25, 0.3) is 0 Å². The van der Waals surface area contributed by atoms with E-state index in [2.05, 4.69) is 65.6 Å². The van der Waals surface area contributed by atoms with E-state index in [9.17, 15) is 0 Å². The van der Waals surface area contributed by atoms with Gasteiger partial charge in [0.2, 0.25) is 0 Å². The highest BCUT2D eigenvalue weighted by Crippen LogP contribution is 2.40. The Balaban J connectivity index is 1.93. The molecule has 0 fully saturated rings. The number of hydrogen-bond acceptors (Lipinski definition) is 5. The molecule has 0 spiro atoms. The lowest BCUT2D eigenvalue weighted by molar-refractivity contribution is 0.678. The van der Waals surface area contributed by atoms with E-state index in [0.717, 1.165) is 23.2 Å². The molecule has 2 aromatic heterocycles. The molecule has 2 heterocycles. The Kier molecular flexibility index (Phi) is 4.85. The summed E-state index contributed by atoms with van der Waals surface area (Å²) >= 11 is 10.3. The maximum atomic E-state index is 4.36. The number of rotatable bonds is 4. The van der Waals surface area contributed by atoms with Crippen molar-refractivity contribution in [2.24, 2.45) is 0 Å². The summed E-state index contributed by atoms with van der Waals surface area (Å²) in [5.41, 5.74) is 1.19. The molecular weight excluding hydrogens is 434 g/mol. The lowest BCUT2D eigenvalue weighted by Crippen LogP contribution is -2.17. The van der Waals surface area contributed by atoms with Crippen LogP contribution >= 0.6 is 54.5 Å². The summed E-state index contributed by atoms with van der Waals surface area (Å²) in [7, 11) is 1.94. The van der Waals surface area contributed by atoms with Gasteiger partial charge >= 0.3 is 0 Å². The molecule has 7 heteroatoms. The molecule has 3 rings (SSSR count). The van der Waals surface area contributed by atoms with Crippen molar-refractivity contribution in [1.29, 1.82) is 0 Å². The van der Waals surface area contributed by atoms with Gasteiger partial charge in [-0.2, -0.15) is 0 Å². The first-order valence-electron chi connectivity index (χ1n) is 6.20. The van der Waals surface area contributed by atoms with Crippen molar-refractivity contribution >= 4 is 54.5 Å². The molecule has 1 atom stereocenters. The summed E-state index contributed by atoms with van der Waals surface area (Å²) in [4.78, 5) is 1.11. The monoisotopic (exact) mass is 443 g/mol. The van der Waals surface area contributed by atoms with E-state index in [1.165, 1.54) is 5.56 Å². The lowest BCUT2D eigenvalue weighted by atomic mass is 10.1. The van der Waals surface area contributed by atoms with Crippen LogP contribution in [0.5, 0.6) is 0 Å². The standard InChI is InChI=1S/C14H11Br2N3S2/c1-17-11(8-5-3-2-4-6-8)14-19-18-13(21-14)10-7-9(15)12(16)20-10/h2-7,11,17H,1H3. The maximum absolute atomic E-state index is 4.36. The van der Waals surface area contributed by atoms with Crippen molar-refractivity contribution < 1.29 is 0 Å². The molecular formula is C14H11Br2N3S2. The molecule has 0 aliphatic rings. The fourth-order valence-corrected chi connectivity index (χ4v) is 5.04. The number of nitrogens with one attached hydrogen (secondary N) is 1. The number of hydrogen-bond donors (Lipinski definition) is 1. The van der Waals surface area contributed by atoms with Crippen molar-refractivity contribution in [3.05, 3.63) is 55.2 Å². The van der Waals surface area contributed by atoms with Crippen LogP contribution in [0, 0.1) is 0 Å². The fourth-order valence-electron chi connectivity index (χ4n) is 1.98. The zero-order chi connectivity index (χ0) is 14.8. The Hall–Kier alpha value is -0.600. The molecule has 0 aliphatic carbocycles. The Morgan fingerprint density at radius 2 is 1.86 bits per heavy atom. The second-order valence-corrected chi connectivity index (χ2v) is 8.54. The van der Waals surface area contributed by atoms with Crippen molar-refractivity contribution in [3.8, 4) is 9.88 Å². The van der Waals surface area contributed by atoms with Crippen LogP contribution in [0.15, 0.2) is 44.7 Å². The van der Waals surface area contributed by atoms with Gasteiger partial charge in [0, 0.05) is 4.47 Å². The largest absolute Gasteiger partial charge is 0.307 e. The third-order valence-electron chi connectivity index (χ3n) is 2.97. The number of aromatic nitrogens is 2. The van der Waals surface area contributed by atoms with Crippen LogP contribution in [0.2, 0.25) is 0 Å². The molecule has 0 saturated heterocycles. The first kappa shape index (κ1) is 15.3. The smallest absolute Gasteiger partial charge is 0.157 e. The number of thiophene rings is 1. The van der Waals surface area contributed by atoms with Gasteiger partial charge in [0.1, 0.15) is 5.01 Å². The summed E-state index contributed by atoms with van der Waals surface area (Å²) in [5.74, 6) is 0. The van der Waals surface area contributed by atoms with Gasteiger partial charge < -0.3 is 5.32 Å². The lowest BCUT2D eigenvalue weighted by Gasteiger charge is -2.12. The van der Waals surface area contributed by atoms with E-state index in [-0.39, 0.29) is 6.04 Å². The minimum absolute atomic E-state index is 0.0734. The van der Waals surface area contributed by atoms with E-state index in [1.54, 1.807) is 22.7 Å². The van der Waals surface area contributed by atoms with Gasteiger partial charge in [0.05, 0.1) is 14.7 Å². The Morgan fingerprint density at radius 3 is 2.48 bits per heavy atom. The van der Waals surface area contributed by atoms with Gasteiger partial charge in [-0.05, 0) is 50.5 Å².